The molecular formula is C12H12N4O2S. The van der Waals surface area contributed by atoms with E-state index in [1.807, 2.05) is 6.26 Å². The van der Waals surface area contributed by atoms with E-state index in [9.17, 15) is 10.1 Å². The Labute approximate surface area is 114 Å². The van der Waals surface area contributed by atoms with Gasteiger partial charge in [-0.1, -0.05) is 30.0 Å². The highest BCUT2D eigenvalue weighted by Gasteiger charge is 2.20. The highest BCUT2D eigenvalue weighted by molar-refractivity contribution is 7.98. The third kappa shape index (κ3) is 2.50. The lowest BCUT2D eigenvalue weighted by Gasteiger charge is -2.06. The molecule has 0 atom stereocenters. The molecule has 2 rings (SSSR count). The van der Waals surface area contributed by atoms with Gasteiger partial charge in [0.15, 0.2) is 11.0 Å². The van der Waals surface area contributed by atoms with Crippen LogP contribution in [0.1, 0.15) is 0 Å². The molecule has 0 fully saturated rings. The highest BCUT2D eigenvalue weighted by atomic mass is 32.2. The quantitative estimate of drug-likeness (QED) is 0.363. The summed E-state index contributed by atoms with van der Waals surface area (Å²) < 4.78 is 1.81. The lowest BCUT2D eigenvalue weighted by atomic mass is 10.1. The number of hydrogen-bond acceptors (Lipinski definition) is 5. The summed E-state index contributed by atoms with van der Waals surface area (Å²) in [7, 11) is 0. The fraction of sp³-hybridized carbons (Fsp3) is 0.167. The van der Waals surface area contributed by atoms with Crippen LogP contribution in [0.3, 0.4) is 0 Å². The predicted octanol–water partition coefficient (Wildman–Crippen LogP) is 2.76. The topological polar surface area (TPSA) is 73.8 Å². The van der Waals surface area contributed by atoms with Crippen molar-refractivity contribution < 1.29 is 4.92 Å². The van der Waals surface area contributed by atoms with Crippen LogP contribution in [0, 0.1) is 10.1 Å². The van der Waals surface area contributed by atoms with Crippen molar-refractivity contribution in [2.24, 2.45) is 0 Å². The maximum atomic E-state index is 11.1. The van der Waals surface area contributed by atoms with Gasteiger partial charge in [0.1, 0.15) is 0 Å². The molecule has 0 amide bonds. The molecule has 6 nitrogen and oxygen atoms in total. The highest BCUT2D eigenvalue weighted by Crippen LogP contribution is 2.30. The van der Waals surface area contributed by atoms with E-state index in [0.717, 1.165) is 0 Å². The van der Waals surface area contributed by atoms with E-state index in [4.69, 9.17) is 0 Å². The number of rotatable bonds is 5. The molecule has 98 valence electrons. The van der Waals surface area contributed by atoms with Gasteiger partial charge in [0.05, 0.1) is 10.5 Å². The van der Waals surface area contributed by atoms with E-state index in [2.05, 4.69) is 16.8 Å². The zero-order valence-electron chi connectivity index (χ0n) is 10.3. The summed E-state index contributed by atoms with van der Waals surface area (Å²) in [4.78, 5) is 10.6. The molecule has 0 N–H and O–H groups in total. The first kappa shape index (κ1) is 13.3. The fourth-order valence-electron chi connectivity index (χ4n) is 1.75. The van der Waals surface area contributed by atoms with E-state index < -0.39 is 4.92 Å². The van der Waals surface area contributed by atoms with Gasteiger partial charge in [0.25, 0.3) is 5.69 Å². The minimum atomic E-state index is -0.416. The standard InChI is InChI=1S/C12H12N4O2S/c1-3-8-15-11(13-14-12(15)19-2)9-6-4-5-7-10(9)16(17)18/h3-7H,1,8H2,2H3. The third-order valence-corrected chi connectivity index (χ3v) is 3.22. The van der Waals surface area contributed by atoms with Crippen molar-refractivity contribution in [3.8, 4) is 11.4 Å². The molecule has 0 radical (unpaired) electrons. The SMILES string of the molecule is C=CCn1c(SC)nnc1-c1ccccc1[N+](=O)[O-]. The van der Waals surface area contributed by atoms with E-state index in [1.165, 1.54) is 17.8 Å². The number of para-hydroxylation sites is 1. The molecule has 1 aromatic heterocycles. The molecule has 0 saturated heterocycles. The first-order valence-electron chi connectivity index (χ1n) is 5.51. The Morgan fingerprint density at radius 1 is 1.47 bits per heavy atom. The zero-order valence-corrected chi connectivity index (χ0v) is 11.1. The molecule has 0 aliphatic rings. The van der Waals surface area contributed by atoms with Crippen LogP contribution in [-0.4, -0.2) is 25.9 Å². The molecule has 0 unspecified atom stereocenters. The van der Waals surface area contributed by atoms with E-state index in [0.29, 0.717) is 23.1 Å². The van der Waals surface area contributed by atoms with Crippen molar-refractivity contribution in [1.29, 1.82) is 0 Å². The van der Waals surface area contributed by atoms with E-state index in [1.54, 1.807) is 28.8 Å². The van der Waals surface area contributed by atoms with Gasteiger partial charge in [0, 0.05) is 12.6 Å². The van der Waals surface area contributed by atoms with Crippen LogP contribution in [0.5, 0.6) is 0 Å². The van der Waals surface area contributed by atoms with Crippen molar-refractivity contribution >= 4 is 17.4 Å². The third-order valence-electron chi connectivity index (χ3n) is 2.55. The average molecular weight is 276 g/mol. The number of nitro groups is 1. The number of thioether (sulfide) groups is 1. The molecule has 0 aliphatic carbocycles. The molecule has 19 heavy (non-hydrogen) atoms. The second-order valence-corrected chi connectivity index (χ2v) is 4.46. The largest absolute Gasteiger partial charge is 0.298 e. The van der Waals surface area contributed by atoms with Crippen LogP contribution in [0.4, 0.5) is 5.69 Å². The zero-order chi connectivity index (χ0) is 13.8. The van der Waals surface area contributed by atoms with Crippen LogP contribution in [0.25, 0.3) is 11.4 Å². The Balaban J connectivity index is 2.62. The van der Waals surface area contributed by atoms with Gasteiger partial charge in [0.2, 0.25) is 0 Å². The van der Waals surface area contributed by atoms with Crippen molar-refractivity contribution in [2.75, 3.05) is 6.26 Å². The van der Waals surface area contributed by atoms with Crippen molar-refractivity contribution in [2.45, 2.75) is 11.7 Å². The summed E-state index contributed by atoms with van der Waals surface area (Å²) in [6.45, 7) is 4.19. The summed E-state index contributed by atoms with van der Waals surface area (Å²) in [6.07, 6.45) is 3.59. The first-order valence-corrected chi connectivity index (χ1v) is 6.73. The molecule has 7 heteroatoms. The summed E-state index contributed by atoms with van der Waals surface area (Å²) in [6, 6.07) is 6.51. The number of benzene rings is 1. The minimum absolute atomic E-state index is 0.0212. The second-order valence-electron chi connectivity index (χ2n) is 3.68. The molecular weight excluding hydrogens is 264 g/mol. The second kappa shape index (κ2) is 5.66. The molecule has 0 bridgehead atoms. The summed E-state index contributed by atoms with van der Waals surface area (Å²) >= 11 is 1.44. The summed E-state index contributed by atoms with van der Waals surface area (Å²) in [5.74, 6) is 0.483. The van der Waals surface area contributed by atoms with Crippen LogP contribution in [-0.2, 0) is 6.54 Å². The fourth-order valence-corrected chi connectivity index (χ4v) is 2.26. The van der Waals surface area contributed by atoms with Crippen LogP contribution in [0.2, 0.25) is 0 Å². The number of nitro benzene ring substituents is 1. The van der Waals surface area contributed by atoms with Gasteiger partial charge in [-0.15, -0.1) is 16.8 Å². The van der Waals surface area contributed by atoms with E-state index >= 15 is 0 Å². The number of nitrogens with zero attached hydrogens (tertiary/aromatic N) is 4. The molecule has 0 saturated carbocycles. The number of aromatic nitrogens is 3. The Kier molecular flexibility index (Phi) is 3.96. The van der Waals surface area contributed by atoms with Gasteiger partial charge in [-0.3, -0.25) is 14.7 Å². The normalized spacial score (nSPS) is 10.4. The Morgan fingerprint density at radius 3 is 2.84 bits per heavy atom. The number of hydrogen-bond donors (Lipinski definition) is 0. The lowest BCUT2D eigenvalue weighted by molar-refractivity contribution is -0.384. The maximum absolute atomic E-state index is 11.1. The lowest BCUT2D eigenvalue weighted by Crippen LogP contribution is -2.02. The Morgan fingerprint density at radius 2 is 2.21 bits per heavy atom. The van der Waals surface area contributed by atoms with Gasteiger partial charge in [-0.2, -0.15) is 0 Å². The van der Waals surface area contributed by atoms with Crippen molar-refractivity contribution in [3.05, 3.63) is 47.0 Å². The van der Waals surface area contributed by atoms with Gasteiger partial charge in [-0.05, 0) is 12.3 Å². The van der Waals surface area contributed by atoms with Crippen LogP contribution < -0.4 is 0 Å². The minimum Gasteiger partial charge on any atom is -0.298 e. The molecule has 1 heterocycles. The van der Waals surface area contributed by atoms with Crippen LogP contribution >= 0.6 is 11.8 Å². The first-order chi connectivity index (χ1) is 9.19. The van der Waals surface area contributed by atoms with Crippen LogP contribution in [0.15, 0.2) is 42.1 Å². The van der Waals surface area contributed by atoms with Gasteiger partial charge in [-0.25, -0.2) is 0 Å². The van der Waals surface area contributed by atoms with Gasteiger partial charge >= 0.3 is 0 Å². The van der Waals surface area contributed by atoms with Gasteiger partial charge < -0.3 is 0 Å². The Hall–Kier alpha value is -2.15. The van der Waals surface area contributed by atoms with E-state index in [-0.39, 0.29) is 5.69 Å². The number of allylic oxidation sites excluding steroid dienone is 1. The molecule has 0 aliphatic heterocycles. The summed E-state index contributed by atoms with van der Waals surface area (Å²) in [5.41, 5.74) is 0.481. The van der Waals surface area contributed by atoms with Crippen molar-refractivity contribution in [1.82, 2.24) is 14.8 Å². The average Bonchev–Trinajstić information content (AvgIpc) is 2.82. The maximum Gasteiger partial charge on any atom is 0.280 e. The summed E-state index contributed by atoms with van der Waals surface area (Å²) in [5, 5.41) is 19.9. The monoisotopic (exact) mass is 276 g/mol. The molecule has 2 aromatic rings. The van der Waals surface area contributed by atoms with Crippen molar-refractivity contribution in [3.63, 3.8) is 0 Å². The molecule has 0 spiro atoms. The molecule has 1 aromatic carbocycles. The smallest absolute Gasteiger partial charge is 0.280 e. The predicted molar refractivity (Wildman–Crippen MR) is 74.1 cm³/mol. The Bertz CT molecular complexity index is 624.